The third kappa shape index (κ3) is 26.2. The first kappa shape index (κ1) is 115. The number of methoxy groups -OCH3 is 2. The SMILES string of the molecule is CC(C)(C)c1ccc2cc(C(C)(C)C)n(C3CCC3)c2c1.CC(C)(C)c1ccc2cc(C(C)(C)C)n(C3COC3)c2c1.CC(C)(C)c1ccc2cc(C(C)(C)C)n(CO)c2c1.CC1CC(n2c(C(C)(C)C)cc3ccc(C(C)(C)C)cc32)C1.CCCn1c(C(C)(C)C)cc2ccc(C(C)(C)C)cc21.COC1CC1n1c(C(C)(C)C)cc2ccc(C(C)(C)C)cc21.COCn1c(C(C)(C)C)cc2ccc(C(C)(C)C)cc21. The van der Waals surface area contributed by atoms with Gasteiger partial charge in [0.05, 0.1) is 42.4 Å². The zero-order valence-corrected chi connectivity index (χ0v) is 99.9. The van der Waals surface area contributed by atoms with Crippen LogP contribution in [0, 0.1) is 5.92 Å². The van der Waals surface area contributed by atoms with Crippen LogP contribution in [-0.4, -0.2) is 70.6 Å². The lowest BCUT2D eigenvalue weighted by atomic mass is 9.80. The number of aryl methyl sites for hydroxylation is 1. The Balaban J connectivity index is 0.000000151. The highest BCUT2D eigenvalue weighted by Gasteiger charge is 2.43. The standard InChI is InChI=1S/C21H31N.C20H29NO.C20H29N.C19H27NO.C19H29N.C18H27NO.C17H25NO/c1-14-10-17(11-14)22-18-13-16(20(2,3)4)9-8-15(18)12-19(22)21(5,6)7;1-19(2,3)14-9-8-13-10-18(20(4,5)6)21(15(13)11-14)16-12-17(16)22-7;1-19(2,3)15-11-10-14-12-18(20(4,5)6)21(17(14)13-15)16-8-7-9-16;1-18(2,3)14-8-7-13-9-17(19(4,5)6)20(16(13)10-14)15-11-21-12-15;1-8-11-20-16-13-15(18(2,3)4)10-9-14(16)12-17(20)19(5,6)7;1-17(2,3)14-9-8-13-10-16(18(4,5)6)19(12-20-7)15(13)11-14;1-16(2,3)13-8-7-12-9-15(17(4,5)6)18(11-19)14(12)10-13/h8-9,12-14,17H,10-11H2,1-7H3;8-11,16-17H,12H2,1-7H3;10-13,16H,7-9H2,1-6H3;7-10,15H,11-12H2,1-6H3;9-10,12-13H,8,11H2,1-7H3;8-11H,12H2,1-7H3;7-10,19H,11H2,1-6H3. The number of aliphatic hydroxyl groups is 1. The van der Waals surface area contributed by atoms with Crippen molar-refractivity contribution in [3.63, 3.8) is 0 Å². The average molecular weight is 1970 g/mol. The Bertz CT molecular complexity index is 6480. The lowest BCUT2D eigenvalue weighted by Gasteiger charge is -2.38. The number of fused-ring (bicyclic) bond motifs is 7. The molecule has 4 aliphatic rings. The van der Waals surface area contributed by atoms with Crippen LogP contribution in [0.4, 0.5) is 0 Å². The first-order valence-electron chi connectivity index (χ1n) is 55.3. The van der Waals surface area contributed by atoms with Gasteiger partial charge in [-0.15, -0.1) is 0 Å². The molecule has 2 unspecified atom stereocenters. The predicted molar refractivity (Wildman–Crippen MR) is 630 cm³/mol. The van der Waals surface area contributed by atoms with Crippen molar-refractivity contribution < 1.29 is 19.3 Å². The van der Waals surface area contributed by atoms with Gasteiger partial charge < -0.3 is 51.3 Å². The Morgan fingerprint density at radius 2 is 0.517 bits per heavy atom. The second kappa shape index (κ2) is 41.8. The van der Waals surface area contributed by atoms with Gasteiger partial charge in [0.2, 0.25) is 0 Å². The van der Waals surface area contributed by atoms with Crippen LogP contribution in [-0.2, 0) is 110 Å². The van der Waals surface area contributed by atoms with Gasteiger partial charge in [0.1, 0.15) is 13.5 Å². The normalized spacial score (nSPS) is 17.2. The molecule has 1 saturated heterocycles. The summed E-state index contributed by atoms with van der Waals surface area (Å²) in [4.78, 5) is 0. The van der Waals surface area contributed by atoms with E-state index in [0.717, 1.165) is 37.6 Å². The molecule has 7 aromatic carbocycles. The fourth-order valence-corrected chi connectivity index (χ4v) is 21.3. The summed E-state index contributed by atoms with van der Waals surface area (Å²) in [5.74, 6) is 0.876. The van der Waals surface area contributed by atoms with E-state index < -0.39 is 0 Å². The number of benzene rings is 7. The van der Waals surface area contributed by atoms with E-state index in [1.54, 1.807) is 7.11 Å². The van der Waals surface area contributed by atoms with Gasteiger partial charge in [-0.25, -0.2) is 0 Å². The first-order valence-corrected chi connectivity index (χ1v) is 55.3. The number of ether oxygens (including phenoxy) is 3. The molecule has 2 atom stereocenters. The minimum absolute atomic E-state index is 0.0314. The lowest BCUT2D eigenvalue weighted by Crippen LogP contribution is -2.33. The Kier molecular flexibility index (Phi) is 33.1. The lowest BCUT2D eigenvalue weighted by molar-refractivity contribution is -0.0232. The van der Waals surface area contributed by atoms with E-state index >= 15 is 0 Å². The van der Waals surface area contributed by atoms with Crippen molar-refractivity contribution in [2.45, 2.75) is 476 Å². The number of nitrogens with zero attached hydrogens (tertiary/aromatic N) is 7. The van der Waals surface area contributed by atoms with Crippen molar-refractivity contribution in [2.75, 3.05) is 27.4 Å². The molecule has 11 nitrogen and oxygen atoms in total. The fraction of sp³-hybridized carbons (Fsp3) is 0.582. The number of aromatic nitrogens is 7. The maximum Gasteiger partial charge on any atom is 0.122 e. The summed E-state index contributed by atoms with van der Waals surface area (Å²) in [5, 5.41) is 19.1. The average Bonchev–Trinajstić information content (AvgIpc) is 1.61. The molecule has 11 heteroatoms. The highest BCUT2D eigenvalue weighted by Crippen LogP contribution is 2.50. The molecule has 1 N–H and O–H groups in total. The minimum atomic E-state index is 0.0314. The van der Waals surface area contributed by atoms with Crippen molar-refractivity contribution in [1.82, 2.24) is 32.0 Å². The highest BCUT2D eigenvalue weighted by atomic mass is 16.5. The molecule has 8 heterocycles. The second-order valence-electron chi connectivity index (χ2n) is 58.3. The Labute approximate surface area is 879 Å². The van der Waals surface area contributed by atoms with E-state index in [1.165, 1.54) is 188 Å². The number of hydrogen-bond acceptors (Lipinski definition) is 4. The molecule has 3 saturated carbocycles. The summed E-state index contributed by atoms with van der Waals surface area (Å²) in [5.41, 5.74) is 31.2. The van der Waals surface area contributed by atoms with Gasteiger partial charge in [0, 0.05) is 138 Å². The molecule has 1 aliphatic heterocycles. The maximum atomic E-state index is 9.73. The molecule has 0 amide bonds. The topological polar surface area (TPSA) is 82.4 Å². The third-order valence-electron chi connectivity index (χ3n) is 30.8. The zero-order valence-electron chi connectivity index (χ0n) is 99.9. The van der Waals surface area contributed by atoms with Crippen molar-refractivity contribution in [3.05, 3.63) is 249 Å². The molecule has 3 aliphatic carbocycles. The van der Waals surface area contributed by atoms with Crippen LogP contribution in [0.25, 0.3) is 76.3 Å². The summed E-state index contributed by atoms with van der Waals surface area (Å²) < 4.78 is 33.7. The zero-order chi connectivity index (χ0) is 108. The first-order chi connectivity index (χ1) is 66.5. The van der Waals surface area contributed by atoms with Crippen LogP contribution in [0.1, 0.15) is 453 Å². The highest BCUT2D eigenvalue weighted by molar-refractivity contribution is 5.88. The molecule has 7 aromatic heterocycles. The minimum Gasteiger partial charge on any atom is -0.379 e. The Morgan fingerprint density at radius 1 is 0.276 bits per heavy atom. The monoisotopic (exact) mass is 1970 g/mol. The van der Waals surface area contributed by atoms with E-state index in [-0.39, 0.29) is 82.5 Å². The number of hydrogen-bond donors (Lipinski definition) is 1. The van der Waals surface area contributed by atoms with Gasteiger partial charge in [0.25, 0.3) is 0 Å². The molecule has 18 rings (SSSR count). The van der Waals surface area contributed by atoms with Crippen molar-refractivity contribution in [3.8, 4) is 0 Å². The summed E-state index contributed by atoms with van der Waals surface area (Å²) in [6, 6.07) is 67.1. The van der Waals surface area contributed by atoms with Gasteiger partial charge in [-0.1, -0.05) is 390 Å². The third-order valence-corrected chi connectivity index (χ3v) is 30.8. The van der Waals surface area contributed by atoms with Crippen molar-refractivity contribution >= 4 is 76.3 Å². The van der Waals surface area contributed by atoms with Gasteiger partial charge in [-0.2, -0.15) is 0 Å². The largest absolute Gasteiger partial charge is 0.379 e. The Morgan fingerprint density at radius 3 is 0.752 bits per heavy atom. The number of rotatable bonds is 10. The van der Waals surface area contributed by atoms with Gasteiger partial charge in [-0.05, 0) is 250 Å². The predicted octanol–water partition coefficient (Wildman–Crippen LogP) is 36.8. The molecule has 145 heavy (non-hydrogen) atoms. The van der Waals surface area contributed by atoms with Crippen LogP contribution < -0.4 is 0 Å². The van der Waals surface area contributed by atoms with E-state index in [0.29, 0.717) is 37.0 Å². The summed E-state index contributed by atoms with van der Waals surface area (Å²) in [6.45, 7) is 104. The van der Waals surface area contributed by atoms with Crippen LogP contribution in [0.2, 0.25) is 0 Å². The molecule has 0 bridgehead atoms. The number of aliphatic hydroxyl groups excluding tert-OH is 1. The molecule has 0 radical (unpaired) electrons. The fourth-order valence-electron chi connectivity index (χ4n) is 21.3. The summed E-state index contributed by atoms with van der Waals surface area (Å²) in [7, 11) is 3.58. The summed E-state index contributed by atoms with van der Waals surface area (Å²) in [6.07, 6.45) is 9.39. The van der Waals surface area contributed by atoms with Crippen molar-refractivity contribution in [2.24, 2.45) is 5.92 Å². The molecule has 14 aromatic rings. The Hall–Kier alpha value is -8.84. The van der Waals surface area contributed by atoms with Gasteiger partial charge in [0.15, 0.2) is 0 Å². The molecule has 0 spiro atoms. The molecular formula is C134H197N7O4. The van der Waals surface area contributed by atoms with Crippen molar-refractivity contribution in [1.29, 1.82) is 0 Å². The quantitative estimate of drug-likeness (QED) is 0.148. The van der Waals surface area contributed by atoms with E-state index in [2.05, 4.69) is 502 Å². The van der Waals surface area contributed by atoms with Gasteiger partial charge >= 0.3 is 0 Å². The van der Waals surface area contributed by atoms with Crippen LogP contribution in [0.5, 0.6) is 0 Å². The van der Waals surface area contributed by atoms with Crippen LogP contribution in [0.3, 0.4) is 0 Å². The smallest absolute Gasteiger partial charge is 0.122 e. The molecule has 792 valence electrons. The summed E-state index contributed by atoms with van der Waals surface area (Å²) >= 11 is 0. The van der Waals surface area contributed by atoms with E-state index in [9.17, 15) is 5.11 Å². The van der Waals surface area contributed by atoms with E-state index in [4.69, 9.17) is 14.2 Å². The molecular weight excluding hydrogens is 1770 g/mol. The van der Waals surface area contributed by atoms with Gasteiger partial charge in [-0.3, -0.25) is 0 Å². The van der Waals surface area contributed by atoms with E-state index in [1.807, 2.05) is 11.7 Å². The second-order valence-corrected chi connectivity index (χ2v) is 58.3. The maximum absolute atomic E-state index is 9.73. The van der Waals surface area contributed by atoms with Crippen LogP contribution >= 0.6 is 0 Å². The molecule has 4 fully saturated rings. The van der Waals surface area contributed by atoms with Crippen LogP contribution in [0.15, 0.2) is 170 Å².